The van der Waals surface area contributed by atoms with Crippen molar-refractivity contribution in [2.45, 2.75) is 33.1 Å². The fraction of sp³-hybridized carbons (Fsp3) is 0.941. The van der Waals surface area contributed by atoms with Crippen LogP contribution in [0.2, 0.25) is 0 Å². The molecule has 6 nitrogen and oxygen atoms in total. The van der Waals surface area contributed by atoms with E-state index in [-0.39, 0.29) is 0 Å². The third kappa shape index (κ3) is 10.5. The summed E-state index contributed by atoms with van der Waals surface area (Å²) in [4.78, 5) is 6.75. The SMILES string of the molecule is CCCCOCCCNC(=NC)NCC(C)CN1CCOCC1. The molecular weight excluding hydrogens is 292 g/mol. The second-order valence-electron chi connectivity index (χ2n) is 6.22. The summed E-state index contributed by atoms with van der Waals surface area (Å²) in [6, 6.07) is 0. The van der Waals surface area contributed by atoms with E-state index in [0.29, 0.717) is 5.92 Å². The molecule has 0 radical (unpaired) electrons. The molecule has 0 saturated carbocycles. The lowest BCUT2D eigenvalue weighted by molar-refractivity contribution is 0.0320. The van der Waals surface area contributed by atoms with Gasteiger partial charge in [-0.2, -0.15) is 0 Å². The standard InChI is InChI=1S/C17H36N4O2/c1-4-5-10-22-11-6-7-19-17(18-3)20-14-16(2)15-21-8-12-23-13-9-21/h16H,4-15H2,1-3H3,(H2,18,19,20). The second kappa shape index (κ2) is 13.6. The van der Waals surface area contributed by atoms with Crippen LogP contribution in [0.5, 0.6) is 0 Å². The Kier molecular flexibility index (Phi) is 11.9. The summed E-state index contributed by atoms with van der Waals surface area (Å²) in [7, 11) is 1.82. The number of hydrogen-bond donors (Lipinski definition) is 2. The second-order valence-corrected chi connectivity index (χ2v) is 6.22. The highest BCUT2D eigenvalue weighted by atomic mass is 16.5. The van der Waals surface area contributed by atoms with Crippen molar-refractivity contribution in [1.82, 2.24) is 15.5 Å². The van der Waals surface area contributed by atoms with Crippen molar-refractivity contribution >= 4 is 5.96 Å². The van der Waals surface area contributed by atoms with Gasteiger partial charge in [-0.25, -0.2) is 0 Å². The lowest BCUT2D eigenvalue weighted by Crippen LogP contribution is -2.44. The Balaban J connectivity index is 2.04. The maximum absolute atomic E-state index is 5.56. The first-order valence-corrected chi connectivity index (χ1v) is 9.08. The zero-order valence-corrected chi connectivity index (χ0v) is 15.3. The quantitative estimate of drug-likeness (QED) is 0.340. The van der Waals surface area contributed by atoms with E-state index in [1.165, 1.54) is 6.42 Å². The lowest BCUT2D eigenvalue weighted by atomic mass is 10.1. The molecule has 1 heterocycles. The summed E-state index contributed by atoms with van der Waals surface area (Å²) in [5.41, 5.74) is 0. The largest absolute Gasteiger partial charge is 0.381 e. The molecule has 0 bridgehead atoms. The van der Waals surface area contributed by atoms with Crippen molar-refractivity contribution in [2.24, 2.45) is 10.9 Å². The molecule has 0 aromatic rings. The lowest BCUT2D eigenvalue weighted by Gasteiger charge is -2.29. The van der Waals surface area contributed by atoms with Crippen molar-refractivity contribution in [1.29, 1.82) is 0 Å². The van der Waals surface area contributed by atoms with Crippen LogP contribution >= 0.6 is 0 Å². The molecular formula is C17H36N4O2. The molecule has 2 N–H and O–H groups in total. The Morgan fingerprint density at radius 1 is 1.22 bits per heavy atom. The Bertz CT molecular complexity index is 307. The summed E-state index contributed by atoms with van der Waals surface area (Å²) in [5.74, 6) is 1.47. The minimum Gasteiger partial charge on any atom is -0.381 e. The zero-order chi connectivity index (χ0) is 16.8. The van der Waals surface area contributed by atoms with Crippen LogP contribution in [-0.2, 0) is 9.47 Å². The molecule has 1 saturated heterocycles. The molecule has 1 aliphatic heterocycles. The predicted molar refractivity (Wildman–Crippen MR) is 96.1 cm³/mol. The van der Waals surface area contributed by atoms with Crippen molar-refractivity contribution in [3.05, 3.63) is 0 Å². The number of ether oxygens (including phenoxy) is 2. The first kappa shape index (κ1) is 20.2. The van der Waals surface area contributed by atoms with Gasteiger partial charge < -0.3 is 20.1 Å². The fourth-order valence-electron chi connectivity index (χ4n) is 2.51. The van der Waals surface area contributed by atoms with Crippen LogP contribution in [0.3, 0.4) is 0 Å². The van der Waals surface area contributed by atoms with Crippen molar-refractivity contribution in [2.75, 3.05) is 66.2 Å². The fourth-order valence-corrected chi connectivity index (χ4v) is 2.51. The van der Waals surface area contributed by atoms with E-state index in [4.69, 9.17) is 9.47 Å². The molecule has 0 aliphatic carbocycles. The Hall–Kier alpha value is -0.850. The van der Waals surface area contributed by atoms with Gasteiger partial charge in [0.2, 0.25) is 0 Å². The Labute approximate surface area is 142 Å². The van der Waals surface area contributed by atoms with Gasteiger partial charge in [0.25, 0.3) is 0 Å². The van der Waals surface area contributed by atoms with Gasteiger partial charge in [0.1, 0.15) is 0 Å². The highest BCUT2D eigenvalue weighted by molar-refractivity contribution is 5.79. The van der Waals surface area contributed by atoms with Gasteiger partial charge in [-0.15, -0.1) is 0 Å². The Morgan fingerprint density at radius 3 is 2.65 bits per heavy atom. The van der Waals surface area contributed by atoms with E-state index in [9.17, 15) is 0 Å². The number of nitrogens with zero attached hydrogens (tertiary/aromatic N) is 2. The first-order chi connectivity index (χ1) is 11.3. The maximum Gasteiger partial charge on any atom is 0.190 e. The van der Waals surface area contributed by atoms with Crippen LogP contribution in [-0.4, -0.2) is 77.1 Å². The third-order valence-corrected chi connectivity index (χ3v) is 3.92. The van der Waals surface area contributed by atoms with Gasteiger partial charge >= 0.3 is 0 Å². The van der Waals surface area contributed by atoms with Gasteiger partial charge in [0, 0.05) is 53.0 Å². The predicted octanol–water partition coefficient (Wildman–Crippen LogP) is 1.33. The molecule has 1 rings (SSSR count). The molecule has 1 atom stereocenters. The summed E-state index contributed by atoms with van der Waals surface area (Å²) < 4.78 is 10.9. The summed E-state index contributed by atoms with van der Waals surface area (Å²) in [5, 5.41) is 6.75. The number of aliphatic imine (C=N–C) groups is 1. The minimum absolute atomic E-state index is 0.587. The van der Waals surface area contributed by atoms with E-state index in [1.807, 2.05) is 7.05 Å². The number of hydrogen-bond acceptors (Lipinski definition) is 4. The summed E-state index contributed by atoms with van der Waals surface area (Å²) in [6.07, 6.45) is 3.35. The molecule has 6 heteroatoms. The number of guanidine groups is 1. The highest BCUT2D eigenvalue weighted by Gasteiger charge is 2.13. The number of morpholine rings is 1. The van der Waals surface area contributed by atoms with Gasteiger partial charge in [-0.1, -0.05) is 20.3 Å². The Morgan fingerprint density at radius 2 is 1.96 bits per heavy atom. The van der Waals surface area contributed by atoms with Crippen LogP contribution in [0.25, 0.3) is 0 Å². The summed E-state index contributed by atoms with van der Waals surface area (Å²) >= 11 is 0. The average Bonchev–Trinajstić information content (AvgIpc) is 2.57. The normalized spacial score (nSPS) is 18.0. The topological polar surface area (TPSA) is 58.1 Å². The molecule has 1 unspecified atom stereocenters. The van der Waals surface area contributed by atoms with Crippen LogP contribution in [0.15, 0.2) is 4.99 Å². The molecule has 0 amide bonds. The molecule has 1 aliphatic rings. The van der Waals surface area contributed by atoms with Crippen LogP contribution < -0.4 is 10.6 Å². The van der Waals surface area contributed by atoms with Crippen molar-refractivity contribution in [3.63, 3.8) is 0 Å². The van der Waals surface area contributed by atoms with E-state index in [0.717, 1.165) is 78.0 Å². The molecule has 0 spiro atoms. The average molecular weight is 329 g/mol. The minimum atomic E-state index is 0.587. The molecule has 23 heavy (non-hydrogen) atoms. The van der Waals surface area contributed by atoms with E-state index in [2.05, 4.69) is 34.4 Å². The smallest absolute Gasteiger partial charge is 0.190 e. The van der Waals surface area contributed by atoms with Crippen LogP contribution in [0.4, 0.5) is 0 Å². The number of rotatable bonds is 11. The molecule has 1 fully saturated rings. The first-order valence-electron chi connectivity index (χ1n) is 9.08. The molecule has 0 aromatic heterocycles. The zero-order valence-electron chi connectivity index (χ0n) is 15.3. The van der Waals surface area contributed by atoms with Gasteiger partial charge in [0.15, 0.2) is 5.96 Å². The van der Waals surface area contributed by atoms with E-state index in [1.54, 1.807) is 0 Å². The summed E-state index contributed by atoms with van der Waals surface area (Å²) in [6.45, 7) is 12.9. The van der Waals surface area contributed by atoms with Crippen molar-refractivity contribution < 1.29 is 9.47 Å². The maximum atomic E-state index is 5.56. The van der Waals surface area contributed by atoms with Gasteiger partial charge in [0.05, 0.1) is 13.2 Å². The van der Waals surface area contributed by atoms with E-state index >= 15 is 0 Å². The third-order valence-electron chi connectivity index (χ3n) is 3.92. The number of nitrogens with one attached hydrogen (secondary N) is 2. The van der Waals surface area contributed by atoms with Crippen LogP contribution in [0, 0.1) is 5.92 Å². The monoisotopic (exact) mass is 328 g/mol. The van der Waals surface area contributed by atoms with Crippen molar-refractivity contribution in [3.8, 4) is 0 Å². The molecule has 136 valence electrons. The van der Waals surface area contributed by atoms with Crippen LogP contribution in [0.1, 0.15) is 33.1 Å². The van der Waals surface area contributed by atoms with E-state index < -0.39 is 0 Å². The van der Waals surface area contributed by atoms with Gasteiger partial charge in [-0.05, 0) is 18.8 Å². The molecule has 0 aromatic carbocycles. The number of unbranched alkanes of at least 4 members (excludes halogenated alkanes) is 1. The highest BCUT2D eigenvalue weighted by Crippen LogP contribution is 2.02. The van der Waals surface area contributed by atoms with Gasteiger partial charge in [-0.3, -0.25) is 9.89 Å².